The largest absolute Gasteiger partial charge is 0.395 e. The minimum atomic E-state index is 0.130. The predicted octanol–water partition coefficient (Wildman–Crippen LogP) is 2.14. The summed E-state index contributed by atoms with van der Waals surface area (Å²) in [6, 6.07) is 0. The van der Waals surface area contributed by atoms with E-state index in [-0.39, 0.29) is 11.9 Å². The summed E-state index contributed by atoms with van der Waals surface area (Å²) in [6.45, 7) is 4.87. The van der Waals surface area contributed by atoms with Gasteiger partial charge in [-0.2, -0.15) is 0 Å². The van der Waals surface area contributed by atoms with E-state index in [1.54, 1.807) is 6.20 Å². The number of hydrogen-bond acceptors (Lipinski definition) is 5. The van der Waals surface area contributed by atoms with Gasteiger partial charge in [-0.15, -0.1) is 0 Å². The fourth-order valence-electron chi connectivity index (χ4n) is 0.905. The molecular weight excluding hydrogens is 278 g/mol. The monoisotopic (exact) mass is 291 g/mol. The van der Waals surface area contributed by atoms with Gasteiger partial charge in [-0.3, -0.25) is 0 Å². The Morgan fingerprint density at radius 3 is 3.00 bits per heavy atom. The highest BCUT2D eigenvalue weighted by Gasteiger charge is 2.09. The summed E-state index contributed by atoms with van der Waals surface area (Å²) in [7, 11) is 0. The maximum atomic E-state index is 8.96. The second-order valence-electron chi connectivity index (χ2n) is 2.99. The molecule has 4 nitrogen and oxygen atoms in total. The van der Waals surface area contributed by atoms with E-state index in [0.717, 1.165) is 16.0 Å². The Hall–Kier alpha value is -0.330. The zero-order valence-electron chi connectivity index (χ0n) is 8.70. The number of hydrogen-bond donors (Lipinski definition) is 2. The van der Waals surface area contributed by atoms with Crippen LogP contribution in [0, 0.1) is 0 Å². The lowest BCUT2D eigenvalue weighted by Crippen LogP contribution is -2.06. The maximum absolute atomic E-state index is 8.96. The number of aliphatic hydroxyl groups excluding tert-OH is 1. The highest BCUT2D eigenvalue weighted by Crippen LogP contribution is 2.28. The molecule has 6 heteroatoms. The van der Waals surface area contributed by atoms with Crippen molar-refractivity contribution in [3.63, 3.8) is 0 Å². The quantitative estimate of drug-likeness (QED) is 0.643. The molecule has 0 aromatic carbocycles. The van der Waals surface area contributed by atoms with Crippen molar-refractivity contribution in [3.05, 3.63) is 10.7 Å². The number of anilines is 1. The van der Waals surface area contributed by atoms with Crippen molar-refractivity contribution in [1.82, 2.24) is 9.97 Å². The molecule has 0 bridgehead atoms. The standard InChI is InChI=1S/C9H14BrN3OS/c1-3-11-9-12-4-7(10)8(13-9)15-6(2)5-14/h4,6,14H,3,5H2,1-2H3,(H,11,12,13). The average molecular weight is 292 g/mol. The van der Waals surface area contributed by atoms with Gasteiger partial charge in [0.05, 0.1) is 11.1 Å². The summed E-state index contributed by atoms with van der Waals surface area (Å²) in [5.74, 6) is 0.619. The Morgan fingerprint density at radius 2 is 2.40 bits per heavy atom. The number of nitrogens with zero attached hydrogens (tertiary/aromatic N) is 2. The van der Waals surface area contributed by atoms with E-state index in [2.05, 4.69) is 31.2 Å². The predicted molar refractivity (Wildman–Crippen MR) is 66.3 cm³/mol. The van der Waals surface area contributed by atoms with Crippen LogP contribution in [0.3, 0.4) is 0 Å². The number of nitrogens with one attached hydrogen (secondary N) is 1. The maximum Gasteiger partial charge on any atom is 0.223 e. The first kappa shape index (κ1) is 12.7. The van der Waals surface area contributed by atoms with Crippen molar-refractivity contribution < 1.29 is 5.11 Å². The van der Waals surface area contributed by atoms with Crippen LogP contribution in [0.25, 0.3) is 0 Å². The van der Waals surface area contributed by atoms with Crippen LogP contribution in [0.2, 0.25) is 0 Å². The van der Waals surface area contributed by atoms with E-state index in [1.807, 2.05) is 13.8 Å². The van der Waals surface area contributed by atoms with Gasteiger partial charge in [-0.1, -0.05) is 18.7 Å². The van der Waals surface area contributed by atoms with Gasteiger partial charge in [-0.05, 0) is 22.9 Å². The summed E-state index contributed by atoms with van der Waals surface area (Å²) < 4.78 is 0.856. The SMILES string of the molecule is CCNc1ncc(Br)c(SC(C)CO)n1. The summed E-state index contributed by atoms with van der Waals surface area (Å²) in [6.07, 6.45) is 1.72. The Balaban J connectivity index is 2.80. The molecule has 0 radical (unpaired) electrons. The van der Waals surface area contributed by atoms with Crippen LogP contribution in [0.4, 0.5) is 5.95 Å². The molecule has 0 fully saturated rings. The topological polar surface area (TPSA) is 58.0 Å². The molecule has 1 aromatic rings. The Labute approximate surface area is 102 Å². The number of halogens is 1. The summed E-state index contributed by atoms with van der Waals surface area (Å²) in [5.41, 5.74) is 0. The fraction of sp³-hybridized carbons (Fsp3) is 0.556. The fourth-order valence-corrected chi connectivity index (χ4v) is 2.14. The molecule has 0 saturated heterocycles. The molecular formula is C9H14BrN3OS. The van der Waals surface area contributed by atoms with Gasteiger partial charge in [0.15, 0.2) is 0 Å². The van der Waals surface area contributed by atoms with E-state index >= 15 is 0 Å². The third kappa shape index (κ3) is 3.96. The molecule has 0 aliphatic carbocycles. The van der Waals surface area contributed by atoms with Crippen LogP contribution in [0.5, 0.6) is 0 Å². The van der Waals surface area contributed by atoms with Crippen molar-refractivity contribution >= 4 is 33.6 Å². The summed E-state index contributed by atoms with van der Waals surface area (Å²) >= 11 is 4.91. The van der Waals surface area contributed by atoms with E-state index in [0.29, 0.717) is 5.95 Å². The van der Waals surface area contributed by atoms with E-state index in [1.165, 1.54) is 11.8 Å². The molecule has 0 aliphatic heterocycles. The van der Waals surface area contributed by atoms with Crippen molar-refractivity contribution in [1.29, 1.82) is 0 Å². The minimum absolute atomic E-state index is 0.130. The number of aliphatic hydroxyl groups is 1. The molecule has 1 aromatic heterocycles. The van der Waals surface area contributed by atoms with E-state index in [9.17, 15) is 0 Å². The van der Waals surface area contributed by atoms with E-state index in [4.69, 9.17) is 5.11 Å². The zero-order chi connectivity index (χ0) is 11.3. The molecule has 84 valence electrons. The molecule has 0 spiro atoms. The van der Waals surface area contributed by atoms with Crippen LogP contribution in [0.15, 0.2) is 15.7 Å². The Kier molecular flexibility index (Phi) is 5.35. The molecule has 1 rings (SSSR count). The first-order valence-electron chi connectivity index (χ1n) is 4.71. The molecule has 1 atom stereocenters. The molecule has 15 heavy (non-hydrogen) atoms. The second kappa shape index (κ2) is 6.30. The molecule has 1 unspecified atom stereocenters. The van der Waals surface area contributed by atoms with Crippen LogP contribution < -0.4 is 5.32 Å². The normalized spacial score (nSPS) is 12.5. The van der Waals surface area contributed by atoms with Gasteiger partial charge in [0.2, 0.25) is 5.95 Å². The van der Waals surface area contributed by atoms with Crippen LogP contribution in [-0.4, -0.2) is 33.5 Å². The first-order chi connectivity index (χ1) is 7.17. The van der Waals surface area contributed by atoms with Gasteiger partial charge in [-0.25, -0.2) is 9.97 Å². The lowest BCUT2D eigenvalue weighted by Gasteiger charge is -2.09. The molecule has 1 heterocycles. The highest BCUT2D eigenvalue weighted by atomic mass is 79.9. The van der Waals surface area contributed by atoms with Crippen molar-refractivity contribution in [2.45, 2.75) is 24.1 Å². The van der Waals surface area contributed by atoms with Crippen molar-refractivity contribution in [3.8, 4) is 0 Å². The van der Waals surface area contributed by atoms with Crippen LogP contribution in [0.1, 0.15) is 13.8 Å². The average Bonchev–Trinajstić information content (AvgIpc) is 2.23. The summed E-state index contributed by atoms with van der Waals surface area (Å²) in [4.78, 5) is 8.45. The van der Waals surface area contributed by atoms with Crippen LogP contribution in [-0.2, 0) is 0 Å². The van der Waals surface area contributed by atoms with E-state index < -0.39 is 0 Å². The second-order valence-corrected chi connectivity index (χ2v) is 5.27. The van der Waals surface area contributed by atoms with Gasteiger partial charge >= 0.3 is 0 Å². The highest BCUT2D eigenvalue weighted by molar-refractivity contribution is 9.10. The zero-order valence-corrected chi connectivity index (χ0v) is 11.1. The van der Waals surface area contributed by atoms with Crippen molar-refractivity contribution in [2.24, 2.45) is 0 Å². The molecule has 0 aliphatic rings. The smallest absolute Gasteiger partial charge is 0.223 e. The number of aromatic nitrogens is 2. The molecule has 2 N–H and O–H groups in total. The van der Waals surface area contributed by atoms with Gasteiger partial charge in [0.25, 0.3) is 0 Å². The Bertz CT molecular complexity index is 324. The number of thioether (sulfide) groups is 1. The lowest BCUT2D eigenvalue weighted by atomic mass is 10.5. The third-order valence-corrected chi connectivity index (χ3v) is 3.55. The molecule has 0 saturated carbocycles. The number of rotatable bonds is 5. The van der Waals surface area contributed by atoms with Gasteiger partial charge in [0, 0.05) is 18.0 Å². The third-order valence-electron chi connectivity index (χ3n) is 1.62. The van der Waals surface area contributed by atoms with Crippen LogP contribution >= 0.6 is 27.7 Å². The molecule has 0 amide bonds. The first-order valence-corrected chi connectivity index (χ1v) is 6.38. The Morgan fingerprint density at radius 1 is 1.67 bits per heavy atom. The summed E-state index contributed by atoms with van der Waals surface area (Å²) in [5, 5.41) is 13.0. The van der Waals surface area contributed by atoms with Crippen molar-refractivity contribution in [2.75, 3.05) is 18.5 Å². The lowest BCUT2D eigenvalue weighted by molar-refractivity contribution is 0.300. The minimum Gasteiger partial charge on any atom is -0.395 e. The van der Waals surface area contributed by atoms with Gasteiger partial charge in [0.1, 0.15) is 5.03 Å². The van der Waals surface area contributed by atoms with Gasteiger partial charge < -0.3 is 10.4 Å².